The van der Waals surface area contributed by atoms with E-state index in [1.54, 1.807) is 17.5 Å². The van der Waals surface area contributed by atoms with Crippen molar-refractivity contribution in [2.45, 2.75) is 6.04 Å². The van der Waals surface area contributed by atoms with Crippen molar-refractivity contribution in [1.82, 2.24) is 10.4 Å². The van der Waals surface area contributed by atoms with Gasteiger partial charge >= 0.3 is 5.97 Å². The number of hydrogen-bond donors (Lipinski definition) is 2. The number of amides is 2. The summed E-state index contributed by atoms with van der Waals surface area (Å²) in [4.78, 5) is 32.1. The van der Waals surface area contributed by atoms with Crippen LogP contribution in [0.4, 0.5) is 0 Å². The molecule has 7 heteroatoms. The summed E-state index contributed by atoms with van der Waals surface area (Å²) in [6.07, 6.45) is 0.505. The van der Waals surface area contributed by atoms with E-state index in [9.17, 15) is 14.4 Å². The number of rotatable bonds is 6. The minimum atomic E-state index is -1.21. The van der Waals surface area contributed by atoms with Gasteiger partial charge in [0.25, 0.3) is 0 Å². The molecule has 80 valence electrons. The minimum absolute atomic E-state index is 0.248. The van der Waals surface area contributed by atoms with Gasteiger partial charge in [0.15, 0.2) is 6.04 Å². The van der Waals surface area contributed by atoms with Crippen molar-refractivity contribution in [3.63, 3.8) is 0 Å². The van der Waals surface area contributed by atoms with Crippen LogP contribution in [-0.4, -0.2) is 28.9 Å². The van der Waals surface area contributed by atoms with E-state index in [0.29, 0.717) is 9.89 Å². The van der Waals surface area contributed by atoms with Crippen molar-refractivity contribution >= 4 is 30.1 Å². The highest BCUT2D eigenvalue weighted by Crippen LogP contribution is 2.22. The van der Waals surface area contributed by atoms with Gasteiger partial charge in [-0.25, -0.2) is 9.80 Å². The summed E-state index contributed by atoms with van der Waals surface area (Å²) in [7, 11) is 0. The zero-order chi connectivity index (χ0) is 11.3. The number of thiophene rings is 1. The number of aliphatic carboxylic acids is 1. The Morgan fingerprint density at radius 2 is 2.33 bits per heavy atom. The highest BCUT2D eigenvalue weighted by molar-refractivity contribution is 7.10. The van der Waals surface area contributed by atoms with Crippen LogP contribution in [0.2, 0.25) is 0 Å². The lowest BCUT2D eigenvalue weighted by Gasteiger charge is -2.21. The van der Waals surface area contributed by atoms with Crippen molar-refractivity contribution in [2.24, 2.45) is 0 Å². The molecule has 0 aliphatic rings. The molecule has 0 saturated heterocycles. The lowest BCUT2D eigenvalue weighted by molar-refractivity contribution is -0.149. The molecular weight excluding hydrogens is 220 g/mol. The Kier molecular flexibility index (Phi) is 3.81. The van der Waals surface area contributed by atoms with Gasteiger partial charge in [-0.1, -0.05) is 6.07 Å². The second-order valence-electron chi connectivity index (χ2n) is 2.52. The average molecular weight is 228 g/mol. The number of carbonyl (C=O) groups excluding carboxylic acids is 2. The molecule has 1 unspecified atom stereocenters. The molecule has 1 heterocycles. The van der Waals surface area contributed by atoms with Crippen LogP contribution in [-0.2, 0) is 14.4 Å². The topological polar surface area (TPSA) is 86.7 Å². The number of carboxylic acid groups (broad SMARTS) is 1. The maximum atomic E-state index is 10.9. The highest BCUT2D eigenvalue weighted by atomic mass is 32.1. The van der Waals surface area contributed by atoms with Crippen molar-refractivity contribution in [3.8, 4) is 0 Å². The molecule has 6 nitrogen and oxygen atoms in total. The molecule has 0 fully saturated rings. The molecule has 1 rings (SSSR count). The summed E-state index contributed by atoms with van der Waals surface area (Å²) in [6, 6.07) is 2.06. The number of carboxylic acids is 1. The first-order valence-corrected chi connectivity index (χ1v) is 4.78. The normalized spacial score (nSPS) is 11.5. The van der Waals surface area contributed by atoms with Crippen LogP contribution in [0.3, 0.4) is 0 Å². The van der Waals surface area contributed by atoms with E-state index in [4.69, 9.17) is 5.11 Å². The zero-order valence-corrected chi connectivity index (χ0v) is 8.31. The van der Waals surface area contributed by atoms with Crippen LogP contribution < -0.4 is 5.43 Å². The third-order valence-electron chi connectivity index (χ3n) is 1.64. The van der Waals surface area contributed by atoms with Gasteiger partial charge in [0.2, 0.25) is 12.8 Å². The van der Waals surface area contributed by atoms with E-state index >= 15 is 0 Å². The van der Waals surface area contributed by atoms with E-state index in [0.717, 1.165) is 0 Å². The maximum Gasteiger partial charge on any atom is 0.334 e. The van der Waals surface area contributed by atoms with Crippen LogP contribution in [0, 0.1) is 0 Å². The Hall–Kier alpha value is -1.89. The minimum Gasteiger partial charge on any atom is -0.479 e. The van der Waals surface area contributed by atoms with Gasteiger partial charge in [-0.2, -0.15) is 0 Å². The molecule has 0 aliphatic carbocycles. The first-order chi connectivity index (χ1) is 7.20. The van der Waals surface area contributed by atoms with Crippen molar-refractivity contribution in [1.29, 1.82) is 0 Å². The molecule has 0 saturated carbocycles. The van der Waals surface area contributed by atoms with Crippen molar-refractivity contribution in [3.05, 3.63) is 22.4 Å². The molecular formula is C8H8N2O4S. The molecule has 2 N–H and O–H groups in total. The number of carbonyl (C=O) groups is 3. The van der Waals surface area contributed by atoms with Gasteiger partial charge in [0.05, 0.1) is 0 Å². The van der Waals surface area contributed by atoms with E-state index in [1.165, 1.54) is 11.3 Å². The molecule has 0 bridgehead atoms. The molecule has 1 aromatic heterocycles. The Morgan fingerprint density at radius 1 is 1.60 bits per heavy atom. The lowest BCUT2D eigenvalue weighted by Crippen LogP contribution is -2.42. The van der Waals surface area contributed by atoms with Gasteiger partial charge in [-0.3, -0.25) is 15.0 Å². The van der Waals surface area contributed by atoms with Crippen LogP contribution >= 0.6 is 11.3 Å². The average Bonchev–Trinajstić information content (AvgIpc) is 2.69. The fourth-order valence-corrected chi connectivity index (χ4v) is 1.87. The fraction of sp³-hybridized carbons (Fsp3) is 0.125. The molecule has 2 amide bonds. The SMILES string of the molecule is O=CNN(C=O)C(C(=O)O)c1cccs1. The van der Waals surface area contributed by atoms with Gasteiger partial charge in [-0.05, 0) is 11.4 Å². The molecule has 1 aromatic rings. The summed E-state index contributed by atoms with van der Waals surface area (Å²) >= 11 is 1.19. The molecule has 1 atom stereocenters. The molecule has 0 aliphatic heterocycles. The second kappa shape index (κ2) is 5.11. The Morgan fingerprint density at radius 3 is 2.73 bits per heavy atom. The van der Waals surface area contributed by atoms with Crippen LogP contribution in [0.5, 0.6) is 0 Å². The van der Waals surface area contributed by atoms with E-state index in [1.807, 2.05) is 5.43 Å². The van der Waals surface area contributed by atoms with Gasteiger partial charge in [-0.15, -0.1) is 11.3 Å². The van der Waals surface area contributed by atoms with Crippen molar-refractivity contribution < 1.29 is 19.5 Å². The maximum absolute atomic E-state index is 10.9. The number of nitrogens with one attached hydrogen (secondary N) is 1. The number of hydrazine groups is 1. The standard InChI is InChI=1S/C8H8N2O4S/c11-4-9-10(5-12)7(8(13)14)6-2-1-3-15-6/h1-5,7H,(H,9,11)(H,13,14). The third-order valence-corrected chi connectivity index (χ3v) is 2.56. The smallest absolute Gasteiger partial charge is 0.334 e. The van der Waals surface area contributed by atoms with Gasteiger partial charge in [0, 0.05) is 4.88 Å². The summed E-state index contributed by atoms with van der Waals surface area (Å²) in [6.45, 7) is 0. The molecule has 0 spiro atoms. The first-order valence-electron chi connectivity index (χ1n) is 3.90. The van der Waals surface area contributed by atoms with E-state index in [2.05, 4.69) is 0 Å². The Balaban J connectivity index is 2.95. The first kappa shape index (κ1) is 11.2. The highest BCUT2D eigenvalue weighted by Gasteiger charge is 2.27. The molecule has 15 heavy (non-hydrogen) atoms. The van der Waals surface area contributed by atoms with Crippen LogP contribution in [0.25, 0.3) is 0 Å². The lowest BCUT2D eigenvalue weighted by atomic mass is 10.2. The van der Waals surface area contributed by atoms with Crippen molar-refractivity contribution in [2.75, 3.05) is 0 Å². The van der Waals surface area contributed by atoms with Gasteiger partial charge < -0.3 is 5.11 Å². The summed E-state index contributed by atoms with van der Waals surface area (Å²) in [5.41, 5.74) is 2.01. The zero-order valence-electron chi connectivity index (χ0n) is 7.49. The molecule has 0 radical (unpaired) electrons. The van der Waals surface area contributed by atoms with Crippen LogP contribution in [0.15, 0.2) is 17.5 Å². The van der Waals surface area contributed by atoms with Gasteiger partial charge in [0.1, 0.15) is 0 Å². The predicted molar refractivity (Wildman–Crippen MR) is 51.8 cm³/mol. The summed E-state index contributed by atoms with van der Waals surface area (Å²) in [5.74, 6) is -1.21. The second-order valence-corrected chi connectivity index (χ2v) is 3.50. The quantitative estimate of drug-likeness (QED) is 0.529. The van der Waals surface area contributed by atoms with Crippen LogP contribution in [0.1, 0.15) is 10.9 Å². The van der Waals surface area contributed by atoms with E-state index < -0.39 is 12.0 Å². The Bertz CT molecular complexity index is 352. The predicted octanol–water partition coefficient (Wildman–Crippen LogP) is -0.00680. The number of nitrogens with zero attached hydrogens (tertiary/aromatic N) is 1. The summed E-state index contributed by atoms with van der Waals surface area (Å²) in [5, 5.41) is 11.3. The molecule has 0 aromatic carbocycles. The number of hydrogen-bond acceptors (Lipinski definition) is 4. The third kappa shape index (κ3) is 2.53. The monoisotopic (exact) mass is 228 g/mol. The van der Waals surface area contributed by atoms with E-state index in [-0.39, 0.29) is 12.8 Å². The summed E-state index contributed by atoms with van der Waals surface area (Å²) < 4.78 is 0. The Labute approximate surface area is 89.1 Å². The fourth-order valence-electron chi connectivity index (χ4n) is 1.05. The largest absolute Gasteiger partial charge is 0.479 e.